The molecule has 0 aliphatic carbocycles. The molecule has 1 atom stereocenters. The average molecular weight is 382 g/mol. The van der Waals surface area contributed by atoms with Gasteiger partial charge in [0.1, 0.15) is 0 Å². The van der Waals surface area contributed by atoms with E-state index < -0.39 is 10.0 Å². The van der Waals surface area contributed by atoms with E-state index in [1.54, 1.807) is 12.1 Å². The number of carbonyl (C=O) groups excluding carboxylic acids is 1. The molecule has 0 saturated carbocycles. The lowest BCUT2D eigenvalue weighted by molar-refractivity contribution is 0.0921. The van der Waals surface area contributed by atoms with Crippen LogP contribution in [0.5, 0.6) is 0 Å². The number of rotatable bonds is 8. The number of hydrogen-bond donors (Lipinski definition) is 1. The van der Waals surface area contributed by atoms with Crippen molar-refractivity contribution in [1.82, 2.24) is 10.2 Å². The van der Waals surface area contributed by atoms with Crippen LogP contribution >= 0.6 is 0 Å². The van der Waals surface area contributed by atoms with Crippen LogP contribution in [0.1, 0.15) is 43.6 Å². The summed E-state index contributed by atoms with van der Waals surface area (Å²) in [5.41, 5.74) is 2.18. The van der Waals surface area contributed by atoms with E-state index in [1.807, 2.05) is 6.07 Å². The molecular formula is C19H31N3O3S. The third-order valence-electron chi connectivity index (χ3n) is 5.12. The first kappa shape index (κ1) is 20.7. The van der Waals surface area contributed by atoms with Gasteiger partial charge >= 0.3 is 0 Å². The van der Waals surface area contributed by atoms with Crippen molar-refractivity contribution in [2.24, 2.45) is 5.92 Å². The molecule has 1 unspecified atom stereocenters. The lowest BCUT2D eigenvalue weighted by Crippen LogP contribution is -2.46. The van der Waals surface area contributed by atoms with Gasteiger partial charge in [0.15, 0.2) is 0 Å². The van der Waals surface area contributed by atoms with Crippen LogP contribution in [0, 0.1) is 5.92 Å². The minimum Gasteiger partial charge on any atom is -0.350 e. The van der Waals surface area contributed by atoms with Crippen LogP contribution in [0.15, 0.2) is 18.2 Å². The Morgan fingerprint density at radius 2 is 1.92 bits per heavy atom. The van der Waals surface area contributed by atoms with Gasteiger partial charge in [0, 0.05) is 24.7 Å². The Bertz CT molecular complexity index is 742. The van der Waals surface area contributed by atoms with Crippen LogP contribution in [0.4, 0.5) is 5.69 Å². The predicted octanol–water partition coefficient (Wildman–Crippen LogP) is 2.10. The second kappa shape index (κ2) is 8.39. The van der Waals surface area contributed by atoms with Crippen LogP contribution in [0.25, 0.3) is 0 Å². The summed E-state index contributed by atoms with van der Waals surface area (Å²) in [5, 5.41) is 3.05. The Labute approximate surface area is 157 Å². The molecule has 1 N–H and O–H groups in total. The summed E-state index contributed by atoms with van der Waals surface area (Å²) >= 11 is 0. The highest BCUT2D eigenvalue weighted by Gasteiger charge is 2.27. The molecule has 1 aliphatic rings. The zero-order valence-electron chi connectivity index (χ0n) is 16.4. The van der Waals surface area contributed by atoms with Crippen molar-refractivity contribution in [2.45, 2.75) is 40.2 Å². The van der Waals surface area contributed by atoms with Crippen molar-refractivity contribution >= 4 is 21.6 Å². The van der Waals surface area contributed by atoms with Gasteiger partial charge in [0.05, 0.1) is 11.9 Å². The van der Waals surface area contributed by atoms with Crippen LogP contribution in [0.2, 0.25) is 0 Å². The van der Waals surface area contributed by atoms with Crippen LogP contribution in [-0.2, 0) is 16.4 Å². The van der Waals surface area contributed by atoms with E-state index in [2.05, 4.69) is 37.9 Å². The Hall–Kier alpha value is -1.60. The van der Waals surface area contributed by atoms with E-state index in [0.717, 1.165) is 18.7 Å². The topological polar surface area (TPSA) is 69.7 Å². The molecule has 0 saturated heterocycles. The molecule has 0 aromatic heterocycles. The molecule has 1 aromatic carbocycles. The maximum absolute atomic E-state index is 12.6. The van der Waals surface area contributed by atoms with Gasteiger partial charge < -0.3 is 5.32 Å². The number of fused-ring (bicyclic) bond motifs is 1. The second-order valence-electron chi connectivity index (χ2n) is 7.17. The average Bonchev–Trinajstić information content (AvgIpc) is 3.01. The highest BCUT2D eigenvalue weighted by atomic mass is 32.2. The van der Waals surface area contributed by atoms with E-state index in [0.29, 0.717) is 42.7 Å². The van der Waals surface area contributed by atoms with Crippen molar-refractivity contribution in [3.63, 3.8) is 0 Å². The first-order valence-corrected chi connectivity index (χ1v) is 11.2. The minimum absolute atomic E-state index is 0.108. The lowest BCUT2D eigenvalue weighted by Gasteiger charge is -2.32. The van der Waals surface area contributed by atoms with Crippen LogP contribution < -0.4 is 9.62 Å². The fourth-order valence-electron chi connectivity index (χ4n) is 3.64. The Kier molecular flexibility index (Phi) is 6.69. The first-order chi connectivity index (χ1) is 12.2. The lowest BCUT2D eigenvalue weighted by atomic mass is 10.0. The van der Waals surface area contributed by atoms with Crippen molar-refractivity contribution in [3.05, 3.63) is 29.3 Å². The van der Waals surface area contributed by atoms with Gasteiger partial charge in [-0.2, -0.15) is 0 Å². The number of anilines is 1. The van der Waals surface area contributed by atoms with Crippen molar-refractivity contribution in [1.29, 1.82) is 0 Å². The van der Waals surface area contributed by atoms with Gasteiger partial charge in [-0.3, -0.25) is 14.0 Å². The number of hydrogen-bond acceptors (Lipinski definition) is 4. The van der Waals surface area contributed by atoms with Gasteiger partial charge in [0.2, 0.25) is 10.0 Å². The van der Waals surface area contributed by atoms with Crippen LogP contribution in [-0.4, -0.2) is 57.7 Å². The molecule has 146 valence electrons. The zero-order valence-corrected chi connectivity index (χ0v) is 17.3. The third kappa shape index (κ3) is 4.57. The molecule has 1 aromatic rings. The zero-order chi connectivity index (χ0) is 19.5. The molecule has 1 amide bonds. The Balaban J connectivity index is 2.09. The third-order valence-corrected chi connectivity index (χ3v) is 6.30. The standard InChI is InChI=1S/C19H31N3O3S/c1-6-21(7-2)18(14(3)4)13-20-19(23)16-8-9-17-15(12-16)10-11-22(17)26(5,24)25/h8-9,12,14,18H,6-7,10-11,13H2,1-5H3,(H,20,23). The molecule has 0 spiro atoms. The van der Waals surface area contributed by atoms with Gasteiger partial charge in [-0.1, -0.05) is 27.7 Å². The maximum atomic E-state index is 12.6. The smallest absolute Gasteiger partial charge is 0.251 e. The quantitative estimate of drug-likeness (QED) is 0.749. The number of amides is 1. The highest BCUT2D eigenvalue weighted by molar-refractivity contribution is 7.92. The largest absolute Gasteiger partial charge is 0.350 e. The monoisotopic (exact) mass is 381 g/mol. The first-order valence-electron chi connectivity index (χ1n) is 9.31. The van der Waals surface area contributed by atoms with Crippen molar-refractivity contribution in [3.8, 4) is 0 Å². The van der Waals surface area contributed by atoms with Gasteiger partial charge in [-0.05, 0) is 49.2 Å². The molecular weight excluding hydrogens is 350 g/mol. The Morgan fingerprint density at radius 1 is 1.27 bits per heavy atom. The second-order valence-corrected chi connectivity index (χ2v) is 9.08. The number of benzene rings is 1. The van der Waals surface area contributed by atoms with E-state index in [9.17, 15) is 13.2 Å². The summed E-state index contributed by atoms with van der Waals surface area (Å²) in [5.74, 6) is 0.335. The molecule has 0 radical (unpaired) electrons. The Morgan fingerprint density at radius 3 is 2.46 bits per heavy atom. The molecule has 0 fully saturated rings. The van der Waals surface area contributed by atoms with Gasteiger partial charge in [-0.15, -0.1) is 0 Å². The summed E-state index contributed by atoms with van der Waals surface area (Å²) in [6.45, 7) is 11.6. The van der Waals surface area contributed by atoms with E-state index >= 15 is 0 Å². The maximum Gasteiger partial charge on any atom is 0.251 e. The summed E-state index contributed by atoms with van der Waals surface area (Å²) in [6.07, 6.45) is 1.85. The SMILES string of the molecule is CCN(CC)C(CNC(=O)c1ccc2c(c1)CCN2S(C)(=O)=O)C(C)C. The van der Waals surface area contributed by atoms with E-state index in [1.165, 1.54) is 10.6 Å². The van der Waals surface area contributed by atoms with Crippen LogP contribution in [0.3, 0.4) is 0 Å². The number of carbonyl (C=O) groups is 1. The van der Waals surface area contributed by atoms with Crippen molar-refractivity contribution < 1.29 is 13.2 Å². The van der Waals surface area contributed by atoms with Gasteiger partial charge in [0.25, 0.3) is 5.91 Å². The fourth-order valence-corrected chi connectivity index (χ4v) is 4.59. The molecule has 2 rings (SSSR count). The highest BCUT2D eigenvalue weighted by Crippen LogP contribution is 2.30. The normalized spacial score (nSPS) is 15.4. The molecule has 0 bridgehead atoms. The van der Waals surface area contributed by atoms with E-state index in [-0.39, 0.29) is 5.91 Å². The van der Waals surface area contributed by atoms with Gasteiger partial charge in [-0.25, -0.2) is 8.42 Å². The molecule has 7 heteroatoms. The number of likely N-dealkylation sites (N-methyl/N-ethyl adjacent to an activating group) is 1. The van der Waals surface area contributed by atoms with Crippen molar-refractivity contribution in [2.75, 3.05) is 36.7 Å². The number of sulfonamides is 1. The summed E-state index contributed by atoms with van der Waals surface area (Å²) in [6, 6.07) is 5.56. The fraction of sp³-hybridized carbons (Fsp3) is 0.632. The minimum atomic E-state index is -3.27. The summed E-state index contributed by atoms with van der Waals surface area (Å²) in [4.78, 5) is 14.9. The predicted molar refractivity (Wildman–Crippen MR) is 106 cm³/mol. The van der Waals surface area contributed by atoms with E-state index in [4.69, 9.17) is 0 Å². The summed E-state index contributed by atoms with van der Waals surface area (Å²) < 4.78 is 25.0. The molecule has 26 heavy (non-hydrogen) atoms. The molecule has 6 nitrogen and oxygen atoms in total. The molecule has 1 heterocycles. The molecule has 1 aliphatic heterocycles. The summed E-state index contributed by atoms with van der Waals surface area (Å²) in [7, 11) is -3.27. The number of nitrogens with zero attached hydrogens (tertiary/aromatic N) is 2. The number of nitrogens with one attached hydrogen (secondary N) is 1.